The van der Waals surface area contributed by atoms with Crippen LogP contribution >= 0.6 is 15.9 Å². The fourth-order valence-corrected chi connectivity index (χ4v) is 4.21. The molecule has 0 amide bonds. The second kappa shape index (κ2) is 7.40. The van der Waals surface area contributed by atoms with Crippen molar-refractivity contribution in [1.82, 2.24) is 0 Å². The summed E-state index contributed by atoms with van der Waals surface area (Å²) in [5.74, 6) is -2.27. The molecule has 2 aromatic rings. The fraction of sp³-hybridized carbons (Fsp3) is 0.188. The van der Waals surface area contributed by atoms with Gasteiger partial charge in [-0.15, -0.1) is 0 Å². The number of methoxy groups -OCH3 is 1. The van der Waals surface area contributed by atoms with Crippen molar-refractivity contribution in [2.45, 2.75) is 18.2 Å². The van der Waals surface area contributed by atoms with Gasteiger partial charge in [0.2, 0.25) is 0 Å². The number of ether oxygens (including phenoxy) is 1. The number of aromatic carboxylic acids is 1. The molecular weight excluding hydrogens is 417 g/mol. The van der Waals surface area contributed by atoms with Crippen LogP contribution < -0.4 is 9.46 Å². The molecule has 2 N–H and O–H groups in total. The maximum Gasteiger partial charge on any atom is 0.341 e. The van der Waals surface area contributed by atoms with E-state index in [1.165, 1.54) is 19.2 Å². The van der Waals surface area contributed by atoms with Crippen LogP contribution in [0.2, 0.25) is 0 Å². The molecular formula is C16H15BrFNO5S. The zero-order valence-electron chi connectivity index (χ0n) is 13.3. The van der Waals surface area contributed by atoms with Crippen LogP contribution in [0.4, 0.5) is 10.1 Å². The van der Waals surface area contributed by atoms with Crippen LogP contribution in [-0.4, -0.2) is 26.6 Å². The third-order valence-electron chi connectivity index (χ3n) is 3.47. The van der Waals surface area contributed by atoms with E-state index in [9.17, 15) is 22.7 Å². The van der Waals surface area contributed by atoms with Crippen LogP contribution in [0.15, 0.2) is 39.7 Å². The molecule has 0 fully saturated rings. The summed E-state index contributed by atoms with van der Waals surface area (Å²) in [7, 11) is -3.05. The monoisotopic (exact) mass is 431 g/mol. The predicted molar refractivity (Wildman–Crippen MR) is 94.2 cm³/mol. The third kappa shape index (κ3) is 3.77. The minimum absolute atomic E-state index is 0.0458. The van der Waals surface area contributed by atoms with Crippen LogP contribution in [0.3, 0.4) is 0 Å². The zero-order valence-corrected chi connectivity index (χ0v) is 15.7. The van der Waals surface area contributed by atoms with E-state index in [2.05, 4.69) is 20.7 Å². The van der Waals surface area contributed by atoms with Crippen molar-refractivity contribution in [1.29, 1.82) is 0 Å². The van der Waals surface area contributed by atoms with Gasteiger partial charge in [0.05, 0.1) is 12.8 Å². The molecule has 0 heterocycles. The first kappa shape index (κ1) is 19.2. The summed E-state index contributed by atoms with van der Waals surface area (Å²) in [5, 5.41) is 9.53. The van der Waals surface area contributed by atoms with Crippen molar-refractivity contribution in [3.05, 3.63) is 51.7 Å². The van der Waals surface area contributed by atoms with Gasteiger partial charge in [0.1, 0.15) is 22.0 Å². The largest absolute Gasteiger partial charge is 0.495 e. The molecule has 0 aliphatic heterocycles. The standard InChI is InChI=1S/C16H15BrFNO5S/c1-3-9-8-10(17)14(13(16(20)21)15(9)24-2)19-25(22,23)12-7-5-4-6-11(12)18/h4-8,19H,3H2,1-2H3,(H,20,21). The Morgan fingerprint density at radius 2 is 2.00 bits per heavy atom. The lowest BCUT2D eigenvalue weighted by molar-refractivity contribution is 0.0694. The normalized spacial score (nSPS) is 11.2. The zero-order chi connectivity index (χ0) is 18.8. The van der Waals surface area contributed by atoms with Crippen LogP contribution in [-0.2, 0) is 16.4 Å². The molecule has 0 atom stereocenters. The summed E-state index contributed by atoms with van der Waals surface area (Å²) < 4.78 is 46.3. The molecule has 0 aliphatic rings. The highest BCUT2D eigenvalue weighted by Crippen LogP contribution is 2.38. The van der Waals surface area contributed by atoms with Gasteiger partial charge < -0.3 is 9.84 Å². The van der Waals surface area contributed by atoms with Crippen LogP contribution in [0.25, 0.3) is 0 Å². The van der Waals surface area contributed by atoms with Gasteiger partial charge in [-0.25, -0.2) is 17.6 Å². The first-order valence-corrected chi connectivity index (χ1v) is 9.40. The Morgan fingerprint density at radius 3 is 2.52 bits per heavy atom. The number of hydrogen-bond donors (Lipinski definition) is 2. The molecule has 2 rings (SSSR count). The number of rotatable bonds is 6. The number of carbonyl (C=O) groups is 1. The molecule has 0 saturated heterocycles. The Bertz CT molecular complexity index is 930. The second-order valence-electron chi connectivity index (χ2n) is 5.00. The summed E-state index contributed by atoms with van der Waals surface area (Å²) in [6, 6.07) is 6.37. The molecule has 0 bridgehead atoms. The number of aryl methyl sites for hydroxylation is 1. The number of hydrogen-bond acceptors (Lipinski definition) is 4. The summed E-state index contributed by atoms with van der Waals surface area (Å²) in [5.41, 5.74) is -0.000873. The highest BCUT2D eigenvalue weighted by Gasteiger charge is 2.27. The van der Waals surface area contributed by atoms with E-state index in [0.29, 0.717) is 12.0 Å². The molecule has 0 aliphatic carbocycles. The SMILES string of the molecule is CCc1cc(Br)c(NS(=O)(=O)c2ccccc2F)c(C(=O)O)c1OC. The Hall–Kier alpha value is -2.13. The lowest BCUT2D eigenvalue weighted by Gasteiger charge is -2.18. The van der Waals surface area contributed by atoms with Crippen molar-refractivity contribution < 1.29 is 27.4 Å². The van der Waals surface area contributed by atoms with Gasteiger partial charge in [0.25, 0.3) is 10.0 Å². The first-order valence-electron chi connectivity index (χ1n) is 7.13. The summed E-state index contributed by atoms with van der Waals surface area (Å²) in [6.45, 7) is 1.80. The van der Waals surface area contributed by atoms with Gasteiger partial charge in [-0.2, -0.15) is 0 Å². The number of anilines is 1. The van der Waals surface area contributed by atoms with Gasteiger partial charge in [-0.05, 0) is 46.1 Å². The van der Waals surface area contributed by atoms with Crippen molar-refractivity contribution >= 4 is 37.6 Å². The summed E-state index contributed by atoms with van der Waals surface area (Å²) in [6.07, 6.45) is 0.475. The minimum Gasteiger partial charge on any atom is -0.495 e. The van der Waals surface area contributed by atoms with Gasteiger partial charge in [0.15, 0.2) is 0 Å². The minimum atomic E-state index is -4.34. The molecule has 0 spiro atoms. The Balaban J connectivity index is 2.67. The number of benzene rings is 2. The molecule has 2 aromatic carbocycles. The first-order chi connectivity index (χ1) is 11.7. The Labute approximate surface area is 152 Å². The maximum atomic E-state index is 13.8. The number of carboxylic acids is 1. The summed E-state index contributed by atoms with van der Waals surface area (Å²) in [4.78, 5) is 11.1. The average molecular weight is 432 g/mol. The number of halogens is 2. The molecule has 134 valence electrons. The van der Waals surface area contributed by atoms with E-state index in [-0.39, 0.29) is 21.5 Å². The van der Waals surface area contributed by atoms with E-state index in [4.69, 9.17) is 4.74 Å². The van der Waals surface area contributed by atoms with Crippen molar-refractivity contribution in [2.75, 3.05) is 11.8 Å². The molecule has 0 unspecified atom stereocenters. The smallest absolute Gasteiger partial charge is 0.341 e. The fourth-order valence-electron chi connectivity index (χ4n) is 2.34. The second-order valence-corrected chi connectivity index (χ2v) is 7.50. The van der Waals surface area contributed by atoms with Crippen molar-refractivity contribution in [3.63, 3.8) is 0 Å². The molecule has 0 aromatic heterocycles. The lowest BCUT2D eigenvalue weighted by atomic mass is 10.0. The van der Waals surface area contributed by atoms with Gasteiger partial charge >= 0.3 is 5.97 Å². The van der Waals surface area contributed by atoms with E-state index in [1.807, 2.05) is 0 Å². The van der Waals surface area contributed by atoms with Gasteiger partial charge in [-0.3, -0.25) is 4.72 Å². The number of carboxylic acid groups (broad SMARTS) is 1. The molecule has 0 saturated carbocycles. The Kier molecular flexibility index (Phi) is 5.69. The third-order valence-corrected chi connectivity index (χ3v) is 5.48. The molecule has 25 heavy (non-hydrogen) atoms. The van der Waals surface area contributed by atoms with Crippen LogP contribution in [0.1, 0.15) is 22.8 Å². The highest BCUT2D eigenvalue weighted by molar-refractivity contribution is 9.10. The average Bonchev–Trinajstić information content (AvgIpc) is 2.55. The molecule has 6 nitrogen and oxygen atoms in total. The van der Waals surface area contributed by atoms with E-state index >= 15 is 0 Å². The van der Waals surface area contributed by atoms with E-state index in [1.54, 1.807) is 13.0 Å². The number of nitrogens with one attached hydrogen (secondary N) is 1. The molecule has 9 heteroatoms. The van der Waals surface area contributed by atoms with Crippen LogP contribution in [0, 0.1) is 5.82 Å². The van der Waals surface area contributed by atoms with Crippen molar-refractivity contribution in [3.8, 4) is 5.75 Å². The van der Waals surface area contributed by atoms with E-state index < -0.39 is 26.7 Å². The quantitative estimate of drug-likeness (QED) is 0.727. The van der Waals surface area contributed by atoms with Crippen LogP contribution in [0.5, 0.6) is 5.75 Å². The van der Waals surface area contributed by atoms with Gasteiger partial charge in [0, 0.05) is 4.47 Å². The Morgan fingerprint density at radius 1 is 1.36 bits per heavy atom. The van der Waals surface area contributed by atoms with Crippen molar-refractivity contribution in [2.24, 2.45) is 0 Å². The lowest BCUT2D eigenvalue weighted by Crippen LogP contribution is -2.18. The topological polar surface area (TPSA) is 92.7 Å². The molecule has 0 radical (unpaired) electrons. The maximum absolute atomic E-state index is 13.8. The van der Waals surface area contributed by atoms with Gasteiger partial charge in [-0.1, -0.05) is 19.1 Å². The summed E-state index contributed by atoms with van der Waals surface area (Å²) >= 11 is 3.17. The van der Waals surface area contributed by atoms with E-state index in [0.717, 1.165) is 12.1 Å². The number of sulfonamides is 1. The highest BCUT2D eigenvalue weighted by atomic mass is 79.9. The predicted octanol–water partition coefficient (Wildman–Crippen LogP) is 3.66.